The van der Waals surface area contributed by atoms with Gasteiger partial charge in [0.1, 0.15) is 0 Å². The molecule has 0 fully saturated rings. The van der Waals surface area contributed by atoms with Crippen LogP contribution in [0.4, 0.5) is 0 Å². The summed E-state index contributed by atoms with van der Waals surface area (Å²) < 4.78 is 0. The number of hydrogen-bond donors (Lipinski definition) is 0. The van der Waals surface area contributed by atoms with Crippen LogP contribution in [0.1, 0.15) is 74.9 Å². The SMILES string of the molecule is CC1(C)c2ccccc2-c2ccc(-c3ccc4c(-c5cccc6c5-c5ccccc5C6(C)C)c5ccccc5c(-c5cccc6c5-c5ccccc5C6(C)C)c4c3)cc21. The highest BCUT2D eigenvalue weighted by Gasteiger charge is 2.40. The Morgan fingerprint density at radius 3 is 1.19 bits per heavy atom. The van der Waals surface area contributed by atoms with Crippen molar-refractivity contribution < 1.29 is 0 Å². The molecular formula is C59H46. The first-order chi connectivity index (χ1) is 28.6. The highest BCUT2D eigenvalue weighted by molar-refractivity contribution is 6.24. The molecule has 0 radical (unpaired) electrons. The molecule has 0 heteroatoms. The molecule has 0 N–H and O–H groups in total. The van der Waals surface area contributed by atoms with Crippen molar-refractivity contribution in [2.75, 3.05) is 0 Å². The van der Waals surface area contributed by atoms with Crippen LogP contribution in [0.25, 0.3) is 88.3 Å². The monoisotopic (exact) mass is 754 g/mol. The summed E-state index contributed by atoms with van der Waals surface area (Å²) in [4.78, 5) is 0. The molecule has 9 aromatic rings. The third kappa shape index (κ3) is 4.50. The van der Waals surface area contributed by atoms with Gasteiger partial charge >= 0.3 is 0 Å². The van der Waals surface area contributed by atoms with E-state index in [1.165, 1.54) is 122 Å². The fourth-order valence-corrected chi connectivity index (χ4v) is 11.7. The van der Waals surface area contributed by atoms with Gasteiger partial charge in [0.2, 0.25) is 0 Å². The van der Waals surface area contributed by atoms with E-state index in [-0.39, 0.29) is 16.2 Å². The van der Waals surface area contributed by atoms with E-state index in [1.807, 2.05) is 0 Å². The van der Waals surface area contributed by atoms with Gasteiger partial charge < -0.3 is 0 Å². The highest BCUT2D eigenvalue weighted by atomic mass is 14.4. The van der Waals surface area contributed by atoms with Crippen molar-refractivity contribution in [3.8, 4) is 66.8 Å². The van der Waals surface area contributed by atoms with Gasteiger partial charge in [0.15, 0.2) is 0 Å². The quantitative estimate of drug-likeness (QED) is 0.158. The lowest BCUT2D eigenvalue weighted by Crippen LogP contribution is -2.14. The van der Waals surface area contributed by atoms with Crippen LogP contribution in [0, 0.1) is 0 Å². The van der Waals surface area contributed by atoms with E-state index in [4.69, 9.17) is 0 Å². The Balaban J connectivity index is 1.20. The van der Waals surface area contributed by atoms with E-state index in [0.29, 0.717) is 0 Å². The molecule has 3 aliphatic rings. The predicted molar refractivity (Wildman–Crippen MR) is 250 cm³/mol. The number of hydrogen-bond acceptors (Lipinski definition) is 0. The van der Waals surface area contributed by atoms with E-state index in [1.54, 1.807) is 0 Å². The van der Waals surface area contributed by atoms with Gasteiger partial charge in [-0.2, -0.15) is 0 Å². The normalized spacial score (nSPS) is 15.7. The van der Waals surface area contributed by atoms with Crippen molar-refractivity contribution in [1.29, 1.82) is 0 Å². The van der Waals surface area contributed by atoms with Crippen LogP contribution in [0.15, 0.2) is 170 Å². The fourth-order valence-electron chi connectivity index (χ4n) is 11.7. The molecule has 0 aliphatic heterocycles. The Morgan fingerprint density at radius 2 is 0.610 bits per heavy atom. The zero-order chi connectivity index (χ0) is 40.0. The fraction of sp³-hybridized carbons (Fsp3) is 0.153. The second-order valence-electron chi connectivity index (χ2n) is 18.8. The minimum Gasteiger partial charge on any atom is -0.0619 e. The largest absolute Gasteiger partial charge is 0.0619 e. The maximum absolute atomic E-state index is 2.52. The van der Waals surface area contributed by atoms with Crippen LogP contribution in [0.3, 0.4) is 0 Å². The summed E-state index contributed by atoms with van der Waals surface area (Å²) in [5.41, 5.74) is 24.0. The van der Waals surface area contributed by atoms with Gasteiger partial charge in [-0.15, -0.1) is 0 Å². The predicted octanol–water partition coefficient (Wildman–Crippen LogP) is 15.9. The molecule has 0 saturated carbocycles. The lowest BCUT2D eigenvalue weighted by molar-refractivity contribution is 0.660. The van der Waals surface area contributed by atoms with Gasteiger partial charge in [0.25, 0.3) is 0 Å². The van der Waals surface area contributed by atoms with Crippen molar-refractivity contribution in [3.05, 3.63) is 203 Å². The molecule has 0 bridgehead atoms. The maximum atomic E-state index is 2.52. The van der Waals surface area contributed by atoms with Crippen molar-refractivity contribution in [1.82, 2.24) is 0 Å². The molecule has 0 nitrogen and oxygen atoms in total. The van der Waals surface area contributed by atoms with Crippen LogP contribution in [-0.2, 0) is 16.2 Å². The summed E-state index contributed by atoms with van der Waals surface area (Å²) in [6.45, 7) is 14.3. The first kappa shape index (κ1) is 34.5. The topological polar surface area (TPSA) is 0 Å². The molecule has 0 spiro atoms. The minimum absolute atomic E-state index is 0.0736. The highest BCUT2D eigenvalue weighted by Crippen LogP contribution is 2.58. The summed E-state index contributed by atoms with van der Waals surface area (Å²) in [6, 6.07) is 64.9. The van der Waals surface area contributed by atoms with Gasteiger partial charge in [0.05, 0.1) is 0 Å². The summed E-state index contributed by atoms with van der Waals surface area (Å²) in [6.07, 6.45) is 0. The number of benzene rings is 9. The number of fused-ring (bicyclic) bond motifs is 11. The van der Waals surface area contributed by atoms with Crippen LogP contribution < -0.4 is 0 Å². The molecule has 0 saturated heterocycles. The second kappa shape index (κ2) is 11.8. The molecule has 282 valence electrons. The van der Waals surface area contributed by atoms with Crippen molar-refractivity contribution in [2.24, 2.45) is 0 Å². The van der Waals surface area contributed by atoms with E-state index in [0.717, 1.165) is 0 Å². The Labute approximate surface area is 347 Å². The van der Waals surface area contributed by atoms with Crippen LogP contribution >= 0.6 is 0 Å². The van der Waals surface area contributed by atoms with Crippen LogP contribution in [0.2, 0.25) is 0 Å². The van der Waals surface area contributed by atoms with Gasteiger partial charge in [-0.25, -0.2) is 0 Å². The standard InChI is InChI=1S/C59H46/c1-57(2)48-25-13-10-20-42(48)55-44(22-15-27-50(55)57)53-39-18-7-8-19-40(39)54(45-23-16-28-51-56(45)43-21-11-14-26-49(43)58(51,3)4)46-33-35(30-32-41(46)53)36-29-31-38-37-17-9-12-24-47(37)59(5,6)52(38)34-36/h7-34H,1-6H3. The third-order valence-electron chi connectivity index (χ3n) is 14.7. The summed E-state index contributed by atoms with van der Waals surface area (Å²) in [5, 5.41) is 5.16. The second-order valence-corrected chi connectivity index (χ2v) is 18.8. The lowest BCUT2D eigenvalue weighted by Gasteiger charge is -2.24. The van der Waals surface area contributed by atoms with Crippen LogP contribution in [0.5, 0.6) is 0 Å². The molecule has 0 aromatic heterocycles. The maximum Gasteiger partial charge on any atom is 0.0159 e. The Morgan fingerprint density at radius 1 is 0.237 bits per heavy atom. The zero-order valence-electron chi connectivity index (χ0n) is 34.7. The molecule has 0 amide bonds. The first-order valence-electron chi connectivity index (χ1n) is 21.3. The average Bonchev–Trinajstić information content (AvgIpc) is 3.75. The Kier molecular flexibility index (Phi) is 6.91. The first-order valence-corrected chi connectivity index (χ1v) is 21.3. The van der Waals surface area contributed by atoms with Crippen molar-refractivity contribution in [3.63, 3.8) is 0 Å². The summed E-state index contributed by atoms with van der Waals surface area (Å²) in [7, 11) is 0. The van der Waals surface area contributed by atoms with Gasteiger partial charge in [-0.05, 0) is 134 Å². The van der Waals surface area contributed by atoms with Gasteiger partial charge in [-0.3, -0.25) is 0 Å². The average molecular weight is 755 g/mol. The van der Waals surface area contributed by atoms with Crippen LogP contribution in [-0.4, -0.2) is 0 Å². The number of rotatable bonds is 3. The van der Waals surface area contributed by atoms with E-state index < -0.39 is 0 Å². The van der Waals surface area contributed by atoms with E-state index in [2.05, 4.69) is 211 Å². The van der Waals surface area contributed by atoms with Gasteiger partial charge in [0, 0.05) is 16.2 Å². The molecular weight excluding hydrogens is 709 g/mol. The Hall–Kier alpha value is -6.50. The molecule has 3 aliphatic carbocycles. The lowest BCUT2D eigenvalue weighted by atomic mass is 9.79. The Bertz CT molecular complexity index is 3290. The molecule has 0 atom stereocenters. The molecule has 59 heavy (non-hydrogen) atoms. The molecule has 0 heterocycles. The van der Waals surface area contributed by atoms with Crippen molar-refractivity contribution in [2.45, 2.75) is 57.8 Å². The van der Waals surface area contributed by atoms with E-state index >= 15 is 0 Å². The molecule has 12 rings (SSSR count). The third-order valence-corrected chi connectivity index (χ3v) is 14.7. The summed E-state index contributed by atoms with van der Waals surface area (Å²) >= 11 is 0. The summed E-state index contributed by atoms with van der Waals surface area (Å²) in [5.74, 6) is 0. The smallest absolute Gasteiger partial charge is 0.0159 e. The van der Waals surface area contributed by atoms with Crippen molar-refractivity contribution >= 4 is 21.5 Å². The van der Waals surface area contributed by atoms with E-state index in [9.17, 15) is 0 Å². The molecule has 9 aromatic carbocycles. The zero-order valence-corrected chi connectivity index (χ0v) is 34.7. The minimum atomic E-state index is -0.0990. The molecule has 0 unspecified atom stereocenters. The van der Waals surface area contributed by atoms with Gasteiger partial charge in [-0.1, -0.05) is 199 Å².